The maximum Gasteiger partial charge on any atom is 0.155 e. The second kappa shape index (κ2) is 5.94. The number of Topliss-reactive ketones (excluding diaryl/α,β-unsaturated/α-hetero) is 1. The zero-order valence-corrected chi connectivity index (χ0v) is 10.0. The summed E-state index contributed by atoms with van der Waals surface area (Å²) in [6.07, 6.45) is 6.77. The van der Waals surface area contributed by atoms with Crippen LogP contribution in [0.1, 0.15) is 52.4 Å². The number of hydrogen-bond donors (Lipinski definition) is 1. The van der Waals surface area contributed by atoms with Crippen LogP contribution in [0.5, 0.6) is 0 Å². The Labute approximate surface area is 93.1 Å². The predicted octanol–water partition coefficient (Wildman–Crippen LogP) is 3.04. The molecule has 0 aliphatic heterocycles. The first-order valence-corrected chi connectivity index (χ1v) is 6.12. The van der Waals surface area contributed by atoms with Crippen LogP contribution >= 0.6 is 0 Å². The SMILES string of the molecule is C=C(CCCCCC)NC1C(=O)CC1C. The average Bonchev–Trinajstić information content (AvgIpc) is 2.21. The first-order chi connectivity index (χ1) is 7.15. The minimum absolute atomic E-state index is 0.0590. The Morgan fingerprint density at radius 2 is 2.20 bits per heavy atom. The number of allylic oxidation sites excluding steroid dienone is 1. The molecule has 0 spiro atoms. The van der Waals surface area contributed by atoms with Crippen LogP contribution in [0.25, 0.3) is 0 Å². The highest BCUT2D eigenvalue weighted by Gasteiger charge is 2.35. The molecule has 0 amide bonds. The van der Waals surface area contributed by atoms with Crippen LogP contribution in [0.4, 0.5) is 0 Å². The van der Waals surface area contributed by atoms with Crippen LogP contribution < -0.4 is 5.32 Å². The Hall–Kier alpha value is -0.790. The van der Waals surface area contributed by atoms with Crippen LogP contribution in [0.2, 0.25) is 0 Å². The Morgan fingerprint density at radius 1 is 1.47 bits per heavy atom. The van der Waals surface area contributed by atoms with Gasteiger partial charge in [0.1, 0.15) is 0 Å². The molecule has 0 heterocycles. The summed E-state index contributed by atoms with van der Waals surface area (Å²) in [6.45, 7) is 8.30. The molecular weight excluding hydrogens is 186 g/mol. The van der Waals surface area contributed by atoms with E-state index in [2.05, 4.69) is 25.7 Å². The fraction of sp³-hybridized carbons (Fsp3) is 0.769. The molecule has 86 valence electrons. The van der Waals surface area contributed by atoms with Crippen LogP contribution in [-0.2, 0) is 4.79 Å². The third-order valence-electron chi connectivity index (χ3n) is 3.13. The van der Waals surface area contributed by atoms with Crippen molar-refractivity contribution in [2.24, 2.45) is 5.92 Å². The number of carbonyl (C=O) groups is 1. The van der Waals surface area contributed by atoms with Gasteiger partial charge in [-0.1, -0.05) is 39.7 Å². The molecule has 0 aromatic rings. The van der Waals surface area contributed by atoms with Crippen molar-refractivity contribution in [1.29, 1.82) is 0 Å². The van der Waals surface area contributed by atoms with E-state index in [0.29, 0.717) is 11.7 Å². The summed E-state index contributed by atoms with van der Waals surface area (Å²) in [5.74, 6) is 0.835. The lowest BCUT2D eigenvalue weighted by molar-refractivity contribution is -0.129. The molecule has 0 radical (unpaired) electrons. The van der Waals surface area contributed by atoms with Crippen molar-refractivity contribution in [2.45, 2.75) is 58.4 Å². The molecule has 0 bridgehead atoms. The smallest absolute Gasteiger partial charge is 0.155 e. The van der Waals surface area contributed by atoms with Gasteiger partial charge in [-0.25, -0.2) is 0 Å². The van der Waals surface area contributed by atoms with Gasteiger partial charge in [-0.05, 0) is 18.8 Å². The fourth-order valence-electron chi connectivity index (χ4n) is 2.00. The highest BCUT2D eigenvalue weighted by atomic mass is 16.1. The van der Waals surface area contributed by atoms with E-state index in [0.717, 1.165) is 18.5 Å². The topological polar surface area (TPSA) is 29.1 Å². The zero-order chi connectivity index (χ0) is 11.3. The summed E-state index contributed by atoms with van der Waals surface area (Å²) in [5, 5.41) is 3.25. The Bertz CT molecular complexity index is 235. The van der Waals surface area contributed by atoms with Crippen molar-refractivity contribution in [1.82, 2.24) is 5.32 Å². The van der Waals surface area contributed by atoms with Crippen LogP contribution in [-0.4, -0.2) is 11.8 Å². The molecule has 1 saturated carbocycles. The molecule has 1 aliphatic rings. The molecule has 2 unspecified atom stereocenters. The minimum Gasteiger partial charge on any atom is -0.379 e. The summed E-state index contributed by atoms with van der Waals surface area (Å²) < 4.78 is 0. The van der Waals surface area contributed by atoms with Gasteiger partial charge in [-0.15, -0.1) is 0 Å². The van der Waals surface area contributed by atoms with E-state index in [1.807, 2.05) is 0 Å². The van der Waals surface area contributed by atoms with E-state index < -0.39 is 0 Å². The van der Waals surface area contributed by atoms with Crippen molar-refractivity contribution in [3.63, 3.8) is 0 Å². The Balaban J connectivity index is 2.10. The first-order valence-electron chi connectivity index (χ1n) is 6.12. The number of carbonyl (C=O) groups excluding carboxylic acids is 1. The number of ketones is 1. The van der Waals surface area contributed by atoms with E-state index in [1.54, 1.807) is 0 Å². The van der Waals surface area contributed by atoms with Crippen LogP contribution in [0.15, 0.2) is 12.3 Å². The van der Waals surface area contributed by atoms with Crippen molar-refractivity contribution in [3.05, 3.63) is 12.3 Å². The lowest BCUT2D eigenvalue weighted by Gasteiger charge is -2.34. The molecular formula is C13H23NO. The van der Waals surface area contributed by atoms with Crippen LogP contribution in [0, 0.1) is 5.92 Å². The highest BCUT2D eigenvalue weighted by molar-refractivity contribution is 5.90. The zero-order valence-electron chi connectivity index (χ0n) is 10.0. The largest absolute Gasteiger partial charge is 0.379 e. The molecule has 2 atom stereocenters. The predicted molar refractivity (Wildman–Crippen MR) is 63.6 cm³/mol. The Morgan fingerprint density at radius 3 is 2.73 bits per heavy atom. The molecule has 15 heavy (non-hydrogen) atoms. The van der Waals surface area contributed by atoms with Gasteiger partial charge in [0.25, 0.3) is 0 Å². The molecule has 2 heteroatoms. The number of unbranched alkanes of at least 4 members (excludes halogenated alkanes) is 3. The molecule has 0 aromatic heterocycles. The highest BCUT2D eigenvalue weighted by Crippen LogP contribution is 2.24. The van der Waals surface area contributed by atoms with Gasteiger partial charge < -0.3 is 5.32 Å². The summed E-state index contributed by atoms with van der Waals surface area (Å²) >= 11 is 0. The summed E-state index contributed by atoms with van der Waals surface area (Å²) in [4.78, 5) is 11.2. The monoisotopic (exact) mass is 209 g/mol. The van der Waals surface area contributed by atoms with E-state index in [-0.39, 0.29) is 6.04 Å². The minimum atomic E-state index is 0.0590. The number of rotatable bonds is 7. The fourth-order valence-corrected chi connectivity index (χ4v) is 2.00. The first kappa shape index (κ1) is 12.3. The normalized spacial score (nSPS) is 24.8. The standard InChI is InChI=1S/C13H23NO/c1-4-5-6-7-8-11(3)14-13-10(2)9-12(13)15/h10,13-14H,3-9H2,1-2H3. The third-order valence-corrected chi connectivity index (χ3v) is 3.13. The van der Waals surface area contributed by atoms with Gasteiger partial charge in [-0.2, -0.15) is 0 Å². The molecule has 1 rings (SSSR count). The maximum absolute atomic E-state index is 11.2. The van der Waals surface area contributed by atoms with Gasteiger partial charge in [0.2, 0.25) is 0 Å². The summed E-state index contributed by atoms with van der Waals surface area (Å²) in [5.41, 5.74) is 1.04. The van der Waals surface area contributed by atoms with Crippen molar-refractivity contribution in [3.8, 4) is 0 Å². The molecule has 0 aromatic carbocycles. The summed E-state index contributed by atoms with van der Waals surface area (Å²) in [6, 6.07) is 0.0590. The van der Waals surface area contributed by atoms with Crippen molar-refractivity contribution >= 4 is 5.78 Å². The van der Waals surface area contributed by atoms with Gasteiger partial charge in [0.05, 0.1) is 6.04 Å². The maximum atomic E-state index is 11.2. The molecule has 1 fully saturated rings. The number of nitrogens with one attached hydrogen (secondary N) is 1. The van der Waals surface area contributed by atoms with E-state index in [1.165, 1.54) is 25.7 Å². The van der Waals surface area contributed by atoms with Crippen LogP contribution in [0.3, 0.4) is 0 Å². The molecule has 2 nitrogen and oxygen atoms in total. The van der Waals surface area contributed by atoms with Gasteiger partial charge in [-0.3, -0.25) is 4.79 Å². The lowest BCUT2D eigenvalue weighted by Crippen LogP contribution is -2.50. The van der Waals surface area contributed by atoms with Crippen molar-refractivity contribution < 1.29 is 4.79 Å². The van der Waals surface area contributed by atoms with E-state index >= 15 is 0 Å². The van der Waals surface area contributed by atoms with Gasteiger partial charge >= 0.3 is 0 Å². The molecule has 1 aliphatic carbocycles. The summed E-state index contributed by atoms with van der Waals surface area (Å²) in [7, 11) is 0. The molecule has 0 saturated heterocycles. The van der Waals surface area contributed by atoms with Gasteiger partial charge in [0.15, 0.2) is 5.78 Å². The van der Waals surface area contributed by atoms with E-state index in [9.17, 15) is 4.79 Å². The average molecular weight is 209 g/mol. The molecule has 1 N–H and O–H groups in total. The van der Waals surface area contributed by atoms with E-state index in [4.69, 9.17) is 0 Å². The van der Waals surface area contributed by atoms with Crippen molar-refractivity contribution in [2.75, 3.05) is 0 Å². The number of hydrogen-bond acceptors (Lipinski definition) is 2. The Kier molecular flexibility index (Phi) is 4.86. The lowest BCUT2D eigenvalue weighted by atomic mass is 9.79. The third kappa shape index (κ3) is 3.69. The van der Waals surface area contributed by atoms with Gasteiger partial charge in [0, 0.05) is 12.1 Å². The second-order valence-electron chi connectivity index (χ2n) is 4.68. The second-order valence-corrected chi connectivity index (χ2v) is 4.68. The quantitative estimate of drug-likeness (QED) is 0.653.